The van der Waals surface area contributed by atoms with E-state index in [1.54, 1.807) is 0 Å². The quantitative estimate of drug-likeness (QED) is 0.933. The number of hydrogen-bond acceptors (Lipinski definition) is 4. The van der Waals surface area contributed by atoms with E-state index in [4.69, 9.17) is 9.15 Å². The summed E-state index contributed by atoms with van der Waals surface area (Å²) in [7, 11) is 0. The molecule has 132 valence electrons. The molecule has 3 fully saturated rings. The van der Waals surface area contributed by atoms with E-state index in [-0.39, 0.29) is 11.9 Å². The molecule has 0 unspecified atom stereocenters. The number of furan rings is 1. The van der Waals surface area contributed by atoms with Crippen molar-refractivity contribution >= 4 is 16.9 Å². The standard InChI is InChI=1S/C20H24N2O3/c1-12-7-14-3-2-4-17(19(14)25-12)20(23)21-15-8-16-11-24-18(13-5-6-13)10-22(16)9-15/h2-4,7,13,15-16,18H,5-6,8-11H2,1H3,(H,21,23)/t15-,16-,18+/m0/s1. The van der Waals surface area contributed by atoms with Gasteiger partial charge in [-0.1, -0.05) is 12.1 Å². The zero-order chi connectivity index (χ0) is 17.0. The van der Waals surface area contributed by atoms with Crippen LogP contribution in [0.25, 0.3) is 11.0 Å². The Balaban J connectivity index is 1.28. The van der Waals surface area contributed by atoms with Crippen LogP contribution in [0.5, 0.6) is 0 Å². The van der Waals surface area contributed by atoms with Crippen LogP contribution < -0.4 is 5.32 Å². The molecule has 1 amide bonds. The van der Waals surface area contributed by atoms with E-state index in [0.29, 0.717) is 23.3 Å². The van der Waals surface area contributed by atoms with E-state index >= 15 is 0 Å². The predicted octanol–water partition coefficient (Wildman–Crippen LogP) is 2.72. The molecule has 0 spiro atoms. The summed E-state index contributed by atoms with van der Waals surface area (Å²) >= 11 is 0. The van der Waals surface area contributed by atoms with Gasteiger partial charge in [-0.05, 0) is 44.2 Å². The van der Waals surface area contributed by atoms with E-state index in [1.807, 2.05) is 31.2 Å². The van der Waals surface area contributed by atoms with Crippen molar-refractivity contribution < 1.29 is 13.9 Å². The van der Waals surface area contributed by atoms with Crippen molar-refractivity contribution in [3.8, 4) is 0 Å². The Morgan fingerprint density at radius 3 is 3.00 bits per heavy atom. The summed E-state index contributed by atoms with van der Waals surface area (Å²) in [5.74, 6) is 1.57. The van der Waals surface area contributed by atoms with Gasteiger partial charge in [0.1, 0.15) is 11.3 Å². The largest absolute Gasteiger partial charge is 0.461 e. The number of benzene rings is 1. The minimum Gasteiger partial charge on any atom is -0.461 e. The van der Waals surface area contributed by atoms with Crippen LogP contribution in [0.4, 0.5) is 0 Å². The first-order valence-corrected chi connectivity index (χ1v) is 9.33. The maximum Gasteiger partial charge on any atom is 0.255 e. The van der Waals surface area contributed by atoms with E-state index in [1.165, 1.54) is 12.8 Å². The Morgan fingerprint density at radius 2 is 2.16 bits per heavy atom. The van der Waals surface area contributed by atoms with Gasteiger partial charge in [-0.3, -0.25) is 9.69 Å². The molecule has 0 bridgehead atoms. The molecule has 1 N–H and O–H groups in total. The zero-order valence-corrected chi connectivity index (χ0v) is 14.5. The topological polar surface area (TPSA) is 54.7 Å². The number of amides is 1. The maximum atomic E-state index is 12.8. The molecular weight excluding hydrogens is 316 g/mol. The molecule has 5 rings (SSSR count). The first kappa shape index (κ1) is 15.4. The van der Waals surface area contributed by atoms with Crippen LogP contribution in [-0.2, 0) is 4.74 Å². The van der Waals surface area contributed by atoms with Crippen LogP contribution in [0.3, 0.4) is 0 Å². The van der Waals surface area contributed by atoms with Crippen molar-refractivity contribution in [3.05, 3.63) is 35.6 Å². The van der Waals surface area contributed by atoms with Crippen LogP contribution in [0.2, 0.25) is 0 Å². The number of aryl methyl sites for hydroxylation is 1. The lowest BCUT2D eigenvalue weighted by Crippen LogP contribution is -2.47. The van der Waals surface area contributed by atoms with Gasteiger partial charge in [0.25, 0.3) is 5.91 Å². The molecule has 3 heterocycles. The zero-order valence-electron chi connectivity index (χ0n) is 14.5. The number of fused-ring (bicyclic) bond motifs is 2. The first-order chi connectivity index (χ1) is 12.2. The molecule has 1 aromatic carbocycles. The van der Waals surface area contributed by atoms with Crippen molar-refractivity contribution in [1.82, 2.24) is 10.2 Å². The molecule has 2 saturated heterocycles. The molecule has 3 aliphatic rings. The lowest BCUT2D eigenvalue weighted by molar-refractivity contribution is -0.0581. The van der Waals surface area contributed by atoms with Gasteiger partial charge in [0.15, 0.2) is 0 Å². The summed E-state index contributed by atoms with van der Waals surface area (Å²) < 4.78 is 11.8. The number of morpholine rings is 1. The molecule has 2 aromatic rings. The Hall–Kier alpha value is -1.85. The summed E-state index contributed by atoms with van der Waals surface area (Å²) in [5, 5.41) is 4.20. The molecule has 0 radical (unpaired) electrons. The average Bonchev–Trinajstić information content (AvgIpc) is 3.25. The van der Waals surface area contributed by atoms with Gasteiger partial charge < -0.3 is 14.5 Å². The van der Waals surface area contributed by atoms with Gasteiger partial charge in [0.05, 0.1) is 18.3 Å². The summed E-state index contributed by atoms with van der Waals surface area (Å²) in [4.78, 5) is 15.3. The fourth-order valence-corrected chi connectivity index (χ4v) is 4.39. The number of ether oxygens (including phenoxy) is 1. The fraction of sp³-hybridized carbons (Fsp3) is 0.550. The number of hydrogen-bond donors (Lipinski definition) is 1. The number of nitrogens with zero attached hydrogens (tertiary/aromatic N) is 1. The number of rotatable bonds is 3. The monoisotopic (exact) mass is 340 g/mol. The Morgan fingerprint density at radius 1 is 1.28 bits per heavy atom. The molecule has 2 aliphatic heterocycles. The van der Waals surface area contributed by atoms with Crippen molar-refractivity contribution in [2.45, 2.75) is 44.4 Å². The van der Waals surface area contributed by atoms with Crippen molar-refractivity contribution in [2.24, 2.45) is 5.92 Å². The highest BCUT2D eigenvalue weighted by molar-refractivity contribution is 6.05. The van der Waals surface area contributed by atoms with E-state index in [2.05, 4.69) is 10.2 Å². The van der Waals surface area contributed by atoms with Gasteiger partial charge >= 0.3 is 0 Å². The fourth-order valence-electron chi connectivity index (χ4n) is 4.39. The normalized spacial score (nSPS) is 29.7. The van der Waals surface area contributed by atoms with Crippen molar-refractivity contribution in [2.75, 3.05) is 19.7 Å². The molecule has 25 heavy (non-hydrogen) atoms. The smallest absolute Gasteiger partial charge is 0.255 e. The van der Waals surface area contributed by atoms with Gasteiger partial charge in [0, 0.05) is 30.6 Å². The van der Waals surface area contributed by atoms with E-state index < -0.39 is 0 Å². The minimum absolute atomic E-state index is 0.0375. The molecule has 5 heteroatoms. The van der Waals surface area contributed by atoms with E-state index in [9.17, 15) is 4.79 Å². The van der Waals surface area contributed by atoms with Crippen molar-refractivity contribution in [1.29, 1.82) is 0 Å². The Labute approximate surface area is 147 Å². The summed E-state index contributed by atoms with van der Waals surface area (Å²) in [6, 6.07) is 8.34. The molecule has 3 atom stereocenters. The summed E-state index contributed by atoms with van der Waals surface area (Å²) in [6.07, 6.45) is 4.01. The van der Waals surface area contributed by atoms with Crippen LogP contribution in [0, 0.1) is 12.8 Å². The Bertz CT molecular complexity index is 810. The second-order valence-corrected chi connectivity index (χ2v) is 7.80. The highest BCUT2D eigenvalue weighted by atomic mass is 16.5. The lowest BCUT2D eigenvalue weighted by atomic mass is 10.1. The first-order valence-electron chi connectivity index (χ1n) is 9.33. The SMILES string of the molecule is Cc1cc2cccc(C(=O)N[C@H]3C[C@H]4CO[C@@H](C5CC5)CN4C3)c2o1. The van der Waals surface area contributed by atoms with Gasteiger partial charge in [0.2, 0.25) is 0 Å². The maximum absolute atomic E-state index is 12.8. The third-order valence-corrected chi connectivity index (χ3v) is 5.84. The lowest BCUT2D eigenvalue weighted by Gasteiger charge is -2.35. The molecule has 1 aliphatic carbocycles. The third-order valence-electron chi connectivity index (χ3n) is 5.84. The molecule has 5 nitrogen and oxygen atoms in total. The Kier molecular flexibility index (Phi) is 3.61. The second kappa shape index (κ2) is 5.85. The predicted molar refractivity (Wildman–Crippen MR) is 94.6 cm³/mol. The molecule has 1 saturated carbocycles. The van der Waals surface area contributed by atoms with Gasteiger partial charge in [-0.25, -0.2) is 0 Å². The van der Waals surface area contributed by atoms with Crippen LogP contribution >= 0.6 is 0 Å². The van der Waals surface area contributed by atoms with Crippen LogP contribution in [0.1, 0.15) is 35.4 Å². The minimum atomic E-state index is -0.0375. The van der Waals surface area contributed by atoms with E-state index in [0.717, 1.165) is 43.2 Å². The number of carbonyl (C=O) groups is 1. The van der Waals surface area contributed by atoms with Gasteiger partial charge in [-0.2, -0.15) is 0 Å². The average molecular weight is 340 g/mol. The van der Waals surface area contributed by atoms with Crippen LogP contribution in [-0.4, -0.2) is 48.7 Å². The second-order valence-electron chi connectivity index (χ2n) is 7.80. The number of para-hydroxylation sites is 1. The summed E-state index contributed by atoms with van der Waals surface area (Å²) in [5.41, 5.74) is 1.31. The van der Waals surface area contributed by atoms with Crippen molar-refractivity contribution in [3.63, 3.8) is 0 Å². The summed E-state index contributed by atoms with van der Waals surface area (Å²) in [6.45, 7) is 4.66. The highest BCUT2D eigenvalue weighted by Crippen LogP contribution is 2.38. The number of nitrogens with one attached hydrogen (secondary N) is 1. The molecular formula is C20H24N2O3. The van der Waals surface area contributed by atoms with Gasteiger partial charge in [-0.15, -0.1) is 0 Å². The number of carbonyl (C=O) groups excluding carboxylic acids is 1. The highest BCUT2D eigenvalue weighted by Gasteiger charge is 2.42. The third kappa shape index (κ3) is 2.85. The van der Waals surface area contributed by atoms with Crippen LogP contribution in [0.15, 0.2) is 28.7 Å². The molecule has 1 aromatic heterocycles.